The molecule has 1 aromatic rings. The molecular weight excluding hydrogens is 270 g/mol. The number of nitrogens with zero attached hydrogens (tertiary/aromatic N) is 3. The van der Waals surface area contributed by atoms with Gasteiger partial charge in [0.05, 0.1) is 13.2 Å². The van der Waals surface area contributed by atoms with E-state index in [-0.39, 0.29) is 5.91 Å². The SMILES string of the molecule is O=C(NCCCN1CCOCC1)c1cn2c(n1)NCCC2. The van der Waals surface area contributed by atoms with Crippen LogP contribution in [0, 0.1) is 0 Å². The zero-order chi connectivity index (χ0) is 14.5. The average Bonchev–Trinajstić information content (AvgIpc) is 2.96. The summed E-state index contributed by atoms with van der Waals surface area (Å²) in [4.78, 5) is 18.8. The van der Waals surface area contributed by atoms with Gasteiger partial charge in [-0.2, -0.15) is 0 Å². The third-order valence-corrected chi connectivity index (χ3v) is 3.91. The first-order valence-corrected chi connectivity index (χ1v) is 7.72. The lowest BCUT2D eigenvalue weighted by molar-refractivity contribution is 0.0374. The fraction of sp³-hybridized carbons (Fsp3) is 0.714. The lowest BCUT2D eigenvalue weighted by Crippen LogP contribution is -2.38. The van der Waals surface area contributed by atoms with Crippen molar-refractivity contribution in [3.05, 3.63) is 11.9 Å². The number of morpholine rings is 1. The van der Waals surface area contributed by atoms with Gasteiger partial charge in [-0.15, -0.1) is 0 Å². The van der Waals surface area contributed by atoms with Crippen LogP contribution >= 0.6 is 0 Å². The van der Waals surface area contributed by atoms with E-state index >= 15 is 0 Å². The van der Waals surface area contributed by atoms with Crippen molar-refractivity contribution in [2.75, 3.05) is 51.3 Å². The van der Waals surface area contributed by atoms with Gasteiger partial charge in [-0.25, -0.2) is 4.98 Å². The van der Waals surface area contributed by atoms with Crippen LogP contribution in [0.15, 0.2) is 6.20 Å². The monoisotopic (exact) mass is 293 g/mol. The molecule has 2 N–H and O–H groups in total. The van der Waals surface area contributed by atoms with Gasteiger partial charge in [-0.05, 0) is 19.4 Å². The number of anilines is 1. The highest BCUT2D eigenvalue weighted by Gasteiger charge is 2.16. The van der Waals surface area contributed by atoms with E-state index in [1.165, 1.54) is 0 Å². The summed E-state index contributed by atoms with van der Waals surface area (Å²) in [5.74, 6) is 0.723. The number of carbonyl (C=O) groups is 1. The minimum atomic E-state index is -0.0827. The van der Waals surface area contributed by atoms with Crippen molar-refractivity contribution >= 4 is 11.9 Å². The topological polar surface area (TPSA) is 71.4 Å². The van der Waals surface area contributed by atoms with Crippen LogP contribution in [0.1, 0.15) is 23.3 Å². The van der Waals surface area contributed by atoms with Gasteiger partial charge in [0.1, 0.15) is 5.69 Å². The Labute approximate surface area is 124 Å². The Morgan fingerprint density at radius 1 is 1.38 bits per heavy atom. The van der Waals surface area contributed by atoms with Crippen molar-refractivity contribution in [1.82, 2.24) is 19.8 Å². The maximum Gasteiger partial charge on any atom is 0.271 e. The second-order valence-electron chi connectivity index (χ2n) is 5.49. The maximum absolute atomic E-state index is 12.1. The summed E-state index contributed by atoms with van der Waals surface area (Å²) in [5, 5.41) is 6.15. The quantitative estimate of drug-likeness (QED) is 0.756. The fourth-order valence-corrected chi connectivity index (χ4v) is 2.71. The number of carbonyl (C=O) groups excluding carboxylic acids is 1. The number of aryl methyl sites for hydroxylation is 1. The van der Waals surface area contributed by atoms with E-state index in [4.69, 9.17) is 4.74 Å². The van der Waals surface area contributed by atoms with Crippen LogP contribution in [0.5, 0.6) is 0 Å². The van der Waals surface area contributed by atoms with Crippen molar-refractivity contribution in [2.24, 2.45) is 0 Å². The molecule has 3 heterocycles. The molecule has 7 nitrogen and oxygen atoms in total. The number of fused-ring (bicyclic) bond motifs is 1. The number of amides is 1. The van der Waals surface area contributed by atoms with Crippen molar-refractivity contribution in [1.29, 1.82) is 0 Å². The highest BCUT2D eigenvalue weighted by Crippen LogP contribution is 2.13. The molecule has 2 aliphatic heterocycles. The van der Waals surface area contributed by atoms with Gasteiger partial charge in [0.25, 0.3) is 5.91 Å². The third-order valence-electron chi connectivity index (χ3n) is 3.91. The smallest absolute Gasteiger partial charge is 0.271 e. The number of nitrogens with one attached hydrogen (secondary N) is 2. The minimum absolute atomic E-state index is 0.0827. The molecule has 0 saturated carbocycles. The molecule has 0 aliphatic carbocycles. The molecule has 0 atom stereocenters. The van der Waals surface area contributed by atoms with Gasteiger partial charge >= 0.3 is 0 Å². The molecule has 1 fully saturated rings. The van der Waals surface area contributed by atoms with E-state index in [1.54, 1.807) is 0 Å². The summed E-state index contributed by atoms with van der Waals surface area (Å²) in [6, 6.07) is 0. The van der Waals surface area contributed by atoms with E-state index in [0.29, 0.717) is 12.2 Å². The first kappa shape index (κ1) is 14.3. The van der Waals surface area contributed by atoms with Crippen molar-refractivity contribution in [3.8, 4) is 0 Å². The second-order valence-corrected chi connectivity index (χ2v) is 5.49. The summed E-state index contributed by atoms with van der Waals surface area (Å²) in [6.45, 7) is 7.17. The molecule has 0 radical (unpaired) electrons. The van der Waals surface area contributed by atoms with Crippen LogP contribution in [-0.4, -0.2) is 66.3 Å². The molecule has 116 valence electrons. The molecule has 1 aromatic heterocycles. The number of imidazole rings is 1. The third kappa shape index (κ3) is 3.74. The standard InChI is InChI=1S/C14H23N5O2/c20-13(12-11-19-6-2-4-16-14(19)17-12)15-3-1-5-18-7-9-21-10-8-18/h11H,1-10H2,(H,15,20)(H,16,17). The highest BCUT2D eigenvalue weighted by atomic mass is 16.5. The Bertz CT molecular complexity index is 458. The summed E-state index contributed by atoms with van der Waals surface area (Å²) in [7, 11) is 0. The maximum atomic E-state index is 12.1. The molecular formula is C14H23N5O2. The Morgan fingerprint density at radius 3 is 3.05 bits per heavy atom. The molecule has 2 aliphatic rings. The average molecular weight is 293 g/mol. The van der Waals surface area contributed by atoms with E-state index in [2.05, 4.69) is 20.5 Å². The summed E-state index contributed by atoms with van der Waals surface area (Å²) in [5.41, 5.74) is 0.505. The van der Waals surface area contributed by atoms with Crippen molar-refractivity contribution < 1.29 is 9.53 Å². The molecule has 0 bridgehead atoms. The van der Waals surface area contributed by atoms with E-state index in [1.807, 2.05) is 10.8 Å². The van der Waals surface area contributed by atoms with Gasteiger partial charge in [-0.1, -0.05) is 0 Å². The fourth-order valence-electron chi connectivity index (χ4n) is 2.71. The first-order valence-electron chi connectivity index (χ1n) is 7.72. The lowest BCUT2D eigenvalue weighted by atomic mass is 10.3. The van der Waals surface area contributed by atoms with Crippen LogP contribution in [0.2, 0.25) is 0 Å². The second kappa shape index (κ2) is 6.91. The highest BCUT2D eigenvalue weighted by molar-refractivity contribution is 5.92. The molecule has 3 rings (SSSR count). The van der Waals surface area contributed by atoms with Gasteiger partial charge in [-0.3, -0.25) is 9.69 Å². The van der Waals surface area contributed by atoms with Crippen molar-refractivity contribution in [3.63, 3.8) is 0 Å². The minimum Gasteiger partial charge on any atom is -0.379 e. The van der Waals surface area contributed by atoms with Crippen LogP contribution < -0.4 is 10.6 Å². The van der Waals surface area contributed by atoms with Crippen LogP contribution in [-0.2, 0) is 11.3 Å². The predicted molar refractivity (Wildman–Crippen MR) is 79.5 cm³/mol. The molecule has 1 amide bonds. The number of hydrogen-bond acceptors (Lipinski definition) is 5. The van der Waals surface area contributed by atoms with Gasteiger partial charge in [0.2, 0.25) is 5.95 Å². The van der Waals surface area contributed by atoms with Crippen molar-refractivity contribution in [2.45, 2.75) is 19.4 Å². The van der Waals surface area contributed by atoms with Crippen LogP contribution in [0.3, 0.4) is 0 Å². The lowest BCUT2D eigenvalue weighted by Gasteiger charge is -2.26. The summed E-state index contributed by atoms with van der Waals surface area (Å²) < 4.78 is 7.32. The normalized spacial score (nSPS) is 18.9. The zero-order valence-corrected chi connectivity index (χ0v) is 12.3. The molecule has 0 spiro atoms. The Morgan fingerprint density at radius 2 is 2.24 bits per heavy atom. The molecule has 0 unspecified atom stereocenters. The molecule has 0 aromatic carbocycles. The summed E-state index contributed by atoms with van der Waals surface area (Å²) in [6.07, 6.45) is 3.86. The Kier molecular flexibility index (Phi) is 4.72. The van der Waals surface area contributed by atoms with E-state index in [9.17, 15) is 4.79 Å². The number of rotatable bonds is 5. The van der Waals surface area contributed by atoms with Gasteiger partial charge < -0.3 is 19.9 Å². The van der Waals surface area contributed by atoms with Gasteiger partial charge in [0.15, 0.2) is 0 Å². The number of ether oxygens (including phenoxy) is 1. The van der Waals surface area contributed by atoms with E-state index < -0.39 is 0 Å². The number of hydrogen-bond donors (Lipinski definition) is 2. The predicted octanol–water partition coefficient (Wildman–Crippen LogP) is 0.151. The Hall–Kier alpha value is -1.60. The summed E-state index contributed by atoms with van der Waals surface area (Å²) >= 11 is 0. The van der Waals surface area contributed by atoms with Gasteiger partial charge in [0, 0.05) is 38.9 Å². The first-order chi connectivity index (χ1) is 10.3. The van der Waals surface area contributed by atoms with E-state index in [0.717, 1.165) is 64.7 Å². The zero-order valence-electron chi connectivity index (χ0n) is 12.3. The van der Waals surface area contributed by atoms with Crippen LogP contribution in [0.4, 0.5) is 5.95 Å². The molecule has 1 saturated heterocycles. The molecule has 7 heteroatoms. The molecule has 21 heavy (non-hydrogen) atoms. The number of aromatic nitrogens is 2. The Balaban J connectivity index is 1.40. The van der Waals surface area contributed by atoms with Crippen LogP contribution in [0.25, 0.3) is 0 Å². The largest absolute Gasteiger partial charge is 0.379 e.